The first-order chi connectivity index (χ1) is 16.5. The zero-order chi connectivity index (χ0) is 23.9. The van der Waals surface area contributed by atoms with E-state index in [0.717, 1.165) is 68.8 Å². The van der Waals surface area contributed by atoms with Gasteiger partial charge in [0.15, 0.2) is 0 Å². The van der Waals surface area contributed by atoms with Crippen molar-refractivity contribution in [3.05, 3.63) is 59.0 Å². The number of amides is 2. The molecule has 8 heteroatoms. The predicted octanol–water partition coefficient (Wildman–Crippen LogP) is 4.63. The molecule has 0 aliphatic carbocycles. The molecule has 1 atom stereocenters. The number of hydrazone groups is 1. The van der Waals surface area contributed by atoms with Crippen molar-refractivity contribution in [3.63, 3.8) is 0 Å². The Kier molecular flexibility index (Phi) is 8.40. The molecular weight excluding hydrogens is 452 g/mol. The summed E-state index contributed by atoms with van der Waals surface area (Å²) in [5, 5.41) is 9.98. The predicted molar refractivity (Wildman–Crippen MR) is 133 cm³/mol. The molecule has 0 radical (unpaired) electrons. The van der Waals surface area contributed by atoms with Gasteiger partial charge in [0.05, 0.1) is 18.5 Å². The second kappa shape index (κ2) is 11.7. The highest BCUT2D eigenvalue weighted by Crippen LogP contribution is 2.33. The van der Waals surface area contributed by atoms with Crippen LogP contribution in [-0.2, 0) is 9.59 Å². The van der Waals surface area contributed by atoms with Crippen LogP contribution in [0.4, 0.5) is 0 Å². The molecule has 2 amide bonds. The van der Waals surface area contributed by atoms with Crippen LogP contribution >= 0.6 is 11.6 Å². The number of nitrogens with zero attached hydrogens (tertiary/aromatic N) is 3. The molecule has 1 aromatic carbocycles. The molecule has 4 rings (SSSR count). The first kappa shape index (κ1) is 24.5. The number of halogens is 1. The minimum absolute atomic E-state index is 0.0326. The summed E-state index contributed by atoms with van der Waals surface area (Å²) in [4.78, 5) is 27.9. The quantitative estimate of drug-likeness (QED) is 0.526. The zero-order valence-electron chi connectivity index (χ0n) is 19.7. The van der Waals surface area contributed by atoms with Gasteiger partial charge in [-0.2, -0.15) is 5.10 Å². The largest absolute Gasteiger partial charge is 0.467 e. The third kappa shape index (κ3) is 6.07. The van der Waals surface area contributed by atoms with Crippen molar-refractivity contribution in [2.45, 2.75) is 51.5 Å². The van der Waals surface area contributed by atoms with Gasteiger partial charge in [0.25, 0.3) is 5.91 Å². The first-order valence-electron chi connectivity index (χ1n) is 12.2. The Bertz CT molecular complexity index is 982. The number of piperidine rings is 1. The van der Waals surface area contributed by atoms with Crippen LogP contribution in [0, 0.1) is 5.92 Å². The molecule has 1 saturated heterocycles. The van der Waals surface area contributed by atoms with Crippen molar-refractivity contribution in [2.75, 3.05) is 26.2 Å². The SMILES string of the molecule is CCCCCNC(=O)C1CCN(CC(=O)N2N=C(c3ccc(Cl)cc3)CC2c2ccco2)CC1. The molecule has 7 nitrogen and oxygen atoms in total. The molecule has 34 heavy (non-hydrogen) atoms. The molecule has 3 heterocycles. The summed E-state index contributed by atoms with van der Waals surface area (Å²) in [5.41, 5.74) is 1.78. The normalized spacial score (nSPS) is 19.3. The number of carbonyl (C=O) groups is 2. The average molecular weight is 485 g/mol. The lowest BCUT2D eigenvalue weighted by Gasteiger charge is -2.32. The van der Waals surface area contributed by atoms with Crippen LogP contribution in [0.3, 0.4) is 0 Å². The second-order valence-corrected chi connectivity index (χ2v) is 9.51. The van der Waals surface area contributed by atoms with E-state index in [-0.39, 0.29) is 30.3 Å². The van der Waals surface area contributed by atoms with Crippen molar-refractivity contribution in [2.24, 2.45) is 11.0 Å². The minimum Gasteiger partial charge on any atom is -0.467 e. The van der Waals surface area contributed by atoms with E-state index < -0.39 is 0 Å². The van der Waals surface area contributed by atoms with E-state index in [1.807, 2.05) is 36.4 Å². The maximum absolute atomic E-state index is 13.3. The van der Waals surface area contributed by atoms with Gasteiger partial charge in [-0.25, -0.2) is 5.01 Å². The van der Waals surface area contributed by atoms with Crippen LogP contribution in [0.15, 0.2) is 52.2 Å². The summed E-state index contributed by atoms with van der Waals surface area (Å²) in [6.45, 7) is 4.64. The van der Waals surface area contributed by atoms with Crippen molar-refractivity contribution in [3.8, 4) is 0 Å². The van der Waals surface area contributed by atoms with E-state index in [1.165, 1.54) is 0 Å². The molecule has 0 spiro atoms. The second-order valence-electron chi connectivity index (χ2n) is 9.08. The van der Waals surface area contributed by atoms with Crippen molar-refractivity contribution in [1.82, 2.24) is 15.2 Å². The van der Waals surface area contributed by atoms with Crippen LogP contribution in [-0.4, -0.2) is 53.6 Å². The highest BCUT2D eigenvalue weighted by Gasteiger charge is 2.36. The maximum atomic E-state index is 13.3. The van der Waals surface area contributed by atoms with Crippen LogP contribution in [0.2, 0.25) is 5.02 Å². The zero-order valence-corrected chi connectivity index (χ0v) is 20.5. The van der Waals surface area contributed by atoms with Gasteiger partial charge in [0, 0.05) is 23.9 Å². The Morgan fingerprint density at radius 3 is 2.59 bits per heavy atom. The minimum atomic E-state index is -0.264. The van der Waals surface area contributed by atoms with Crippen molar-refractivity contribution >= 4 is 29.1 Å². The smallest absolute Gasteiger partial charge is 0.257 e. The Morgan fingerprint density at radius 2 is 1.91 bits per heavy atom. The van der Waals surface area contributed by atoms with Crippen LogP contribution in [0.5, 0.6) is 0 Å². The number of unbranched alkanes of at least 4 members (excludes halogenated alkanes) is 2. The van der Waals surface area contributed by atoms with E-state index in [4.69, 9.17) is 16.0 Å². The Hall–Kier alpha value is -2.64. The molecule has 182 valence electrons. The molecule has 1 fully saturated rings. The van der Waals surface area contributed by atoms with Crippen molar-refractivity contribution < 1.29 is 14.0 Å². The van der Waals surface area contributed by atoms with Gasteiger partial charge in [-0.15, -0.1) is 0 Å². The summed E-state index contributed by atoms with van der Waals surface area (Å²) in [6.07, 6.45) is 7.06. The highest BCUT2D eigenvalue weighted by atomic mass is 35.5. The molecular formula is C26H33ClN4O3. The molecule has 0 bridgehead atoms. The molecule has 2 aromatic rings. The number of benzene rings is 1. The average Bonchev–Trinajstić information content (AvgIpc) is 3.53. The topological polar surface area (TPSA) is 78.2 Å². The molecule has 1 aromatic heterocycles. The van der Waals surface area contributed by atoms with E-state index in [1.54, 1.807) is 11.3 Å². The lowest BCUT2D eigenvalue weighted by Crippen LogP contribution is -2.44. The molecule has 1 N–H and O–H groups in total. The number of furan rings is 1. The lowest BCUT2D eigenvalue weighted by atomic mass is 9.96. The monoisotopic (exact) mass is 484 g/mol. The summed E-state index contributed by atoms with van der Waals surface area (Å²) in [5.74, 6) is 0.842. The molecule has 2 aliphatic heterocycles. The van der Waals surface area contributed by atoms with Crippen LogP contribution < -0.4 is 5.32 Å². The number of hydrogen-bond acceptors (Lipinski definition) is 5. The fraction of sp³-hybridized carbons (Fsp3) is 0.500. The number of nitrogens with one attached hydrogen (secondary N) is 1. The molecule has 2 aliphatic rings. The van der Waals surface area contributed by atoms with Crippen LogP contribution in [0.1, 0.15) is 62.8 Å². The number of hydrogen-bond donors (Lipinski definition) is 1. The fourth-order valence-corrected chi connectivity index (χ4v) is 4.73. The summed E-state index contributed by atoms with van der Waals surface area (Å²) in [6, 6.07) is 11.0. The van der Waals surface area contributed by atoms with Crippen molar-refractivity contribution in [1.29, 1.82) is 0 Å². The van der Waals surface area contributed by atoms with E-state index in [2.05, 4.69) is 22.2 Å². The summed E-state index contributed by atoms with van der Waals surface area (Å²) in [7, 11) is 0. The number of carbonyl (C=O) groups excluding carboxylic acids is 2. The molecule has 1 unspecified atom stereocenters. The van der Waals surface area contributed by atoms with Gasteiger partial charge in [-0.1, -0.05) is 43.5 Å². The number of likely N-dealkylation sites (tertiary alicyclic amines) is 1. The van der Waals surface area contributed by atoms with E-state index in [0.29, 0.717) is 11.4 Å². The van der Waals surface area contributed by atoms with E-state index in [9.17, 15) is 9.59 Å². The molecule has 0 saturated carbocycles. The van der Waals surface area contributed by atoms with Gasteiger partial charge in [0.1, 0.15) is 11.8 Å². The Morgan fingerprint density at radius 1 is 1.15 bits per heavy atom. The third-order valence-corrected chi connectivity index (χ3v) is 6.86. The van der Waals surface area contributed by atoms with Gasteiger partial charge in [-0.3, -0.25) is 14.5 Å². The Balaban J connectivity index is 1.35. The lowest BCUT2D eigenvalue weighted by molar-refractivity contribution is -0.135. The van der Waals surface area contributed by atoms with Gasteiger partial charge < -0.3 is 9.73 Å². The van der Waals surface area contributed by atoms with Crippen LogP contribution in [0.25, 0.3) is 0 Å². The first-order valence-corrected chi connectivity index (χ1v) is 12.6. The summed E-state index contributed by atoms with van der Waals surface area (Å²) < 4.78 is 5.63. The maximum Gasteiger partial charge on any atom is 0.257 e. The summed E-state index contributed by atoms with van der Waals surface area (Å²) >= 11 is 6.03. The van der Waals surface area contributed by atoms with Gasteiger partial charge >= 0.3 is 0 Å². The fourth-order valence-electron chi connectivity index (χ4n) is 4.61. The standard InChI is InChI=1S/C26H33ClN4O3/c1-2-3-4-13-28-26(33)20-11-14-30(15-12-20)18-25(32)31-23(24-6-5-16-34-24)17-22(29-31)19-7-9-21(27)10-8-19/h5-10,16,20,23H,2-4,11-15,17-18H2,1H3,(H,28,33). The van der Waals surface area contributed by atoms with Gasteiger partial charge in [-0.05, 0) is 62.2 Å². The number of rotatable bonds is 9. The Labute approximate surface area is 206 Å². The highest BCUT2D eigenvalue weighted by molar-refractivity contribution is 6.30. The van der Waals surface area contributed by atoms with Gasteiger partial charge in [0.2, 0.25) is 5.91 Å². The van der Waals surface area contributed by atoms with E-state index >= 15 is 0 Å². The third-order valence-electron chi connectivity index (χ3n) is 6.61.